The molecule has 17 atom stereocenters. The van der Waals surface area contributed by atoms with Crippen molar-refractivity contribution in [3.8, 4) is 68.1 Å². The summed E-state index contributed by atoms with van der Waals surface area (Å²) in [5.41, 5.74) is 16.0. The lowest BCUT2D eigenvalue weighted by atomic mass is 9.53. The summed E-state index contributed by atoms with van der Waals surface area (Å²) < 4.78 is 64.2. The monoisotopic (exact) mass is 1920 g/mol. The summed E-state index contributed by atoms with van der Waals surface area (Å²) in [6.07, 6.45) is 21.3. The standard InChI is InChI=1S/C27H28FN3O2.C26H26FN3O.C22H27N3O3.C20H22ClN3O.C16H24O5.2CH4/c1-15-13-17(11-12-29-15)26-30-23(18-7-5-6-8-21(18)28)19-9-10-20-16(2)24(32)22(33-4)14-27(20,3)25(19)31-26;1-15-14-17(11-13-28-15)25-29-23(18-6-4-5-7-21(18)27)19-8-9-20-16(2)22(31)10-12-26(20,3)24(19)30-25;1-13-12-15(6-9-23-13)19-24-18-16(20(26)25-19)4-5-17-14(2)22(27-10-11-28-22)8-7-21(17,18)3;1-11-10-13(7-9-22-11)19-23-17-14(18(21)24-19)4-5-15-12(2)16(25)6-8-20(15,17)3;1-10-12-5-4-11(14(18)19-3)13(17)15(12,2)6-7-16(10)20-8-9-21-16;;/h5-8,11-13,16,20,22H,9-10,14H2,1-4H3;4-7,11,13-14,16,20H,8-10,12H2,1-3H3;6,9,12,14,17H,4-5,7-8,10-11H2,1-3H3,(H,24,25,26);7,9-10,12,15H,4-6,8H2,1-3H3;10-12H,4-9H2,1-3H3;2*1H4/t16-,20-,22?,27-;16-,20-,26-;14-,17-,21-;12-,15-,20-;10-,11?,12-,15-;;/m11111../s1. The molecule has 12 aliphatic rings. The number of pyridine rings is 4. The number of hydrogen-bond acceptors (Lipinski definition) is 23. The van der Waals surface area contributed by atoms with E-state index >= 15 is 0 Å². The van der Waals surface area contributed by atoms with E-state index < -0.39 is 29.0 Å². The van der Waals surface area contributed by atoms with E-state index in [2.05, 4.69) is 85.3 Å². The van der Waals surface area contributed by atoms with Gasteiger partial charge in [0.05, 0.1) is 67.7 Å². The number of nitrogens with one attached hydrogen (secondary N) is 1. The lowest BCUT2D eigenvalue weighted by Gasteiger charge is -2.54. The van der Waals surface area contributed by atoms with E-state index in [1.165, 1.54) is 19.2 Å². The van der Waals surface area contributed by atoms with E-state index in [0.717, 1.165) is 174 Å². The quantitative estimate of drug-likeness (QED) is 0.0839. The molecule has 8 fully saturated rings. The van der Waals surface area contributed by atoms with E-state index in [-0.39, 0.29) is 119 Å². The second-order valence-electron chi connectivity index (χ2n) is 42.1. The first-order valence-electron chi connectivity index (χ1n) is 49.5. The fourth-order valence-electron chi connectivity index (χ4n) is 26.7. The van der Waals surface area contributed by atoms with E-state index in [1.54, 1.807) is 56.2 Å². The Morgan fingerprint density at radius 1 is 0.429 bits per heavy atom. The van der Waals surface area contributed by atoms with Gasteiger partial charge in [-0.05, 0) is 226 Å². The van der Waals surface area contributed by atoms with Gasteiger partial charge in [-0.15, -0.1) is 0 Å². The first-order chi connectivity index (χ1) is 66.0. The molecule has 1 N–H and O–H groups in total. The molecule has 2 saturated heterocycles. The highest BCUT2D eigenvalue weighted by Gasteiger charge is 2.63. The Balaban J connectivity index is 0.000000127. The number of ketones is 4. The topological polar surface area (TPSA) is 315 Å². The molecule has 10 heterocycles. The Morgan fingerprint density at radius 3 is 1.27 bits per heavy atom. The maximum atomic E-state index is 15.0. The molecule has 2 aromatic carbocycles. The number of aromatic nitrogens is 12. The molecule has 10 aliphatic carbocycles. The number of nitrogens with zero attached hydrogens (tertiary/aromatic N) is 11. The highest BCUT2D eigenvalue weighted by molar-refractivity contribution is 6.30. The van der Waals surface area contributed by atoms with Crippen molar-refractivity contribution in [3.63, 3.8) is 0 Å². The highest BCUT2D eigenvalue weighted by atomic mass is 35.5. The molecule has 0 radical (unpaired) electrons. The predicted molar refractivity (Wildman–Crippen MR) is 533 cm³/mol. The van der Waals surface area contributed by atoms with Crippen LogP contribution in [0.1, 0.15) is 248 Å². The average Bonchev–Trinajstić information content (AvgIpc) is 0.993. The highest BCUT2D eigenvalue weighted by Crippen LogP contribution is 2.61. The van der Waals surface area contributed by atoms with Crippen LogP contribution < -0.4 is 5.56 Å². The number of carbonyl (C=O) groups excluding carboxylic acids is 5. The lowest BCUT2D eigenvalue weighted by molar-refractivity contribution is -0.244. The van der Waals surface area contributed by atoms with Gasteiger partial charge in [0.2, 0.25) is 0 Å². The molecule has 22 rings (SSSR count). The summed E-state index contributed by atoms with van der Waals surface area (Å²) in [5, 5.41) is 0.554. The molecule has 2 spiro atoms. The molecular formula is C113H135ClF2N12O12. The largest absolute Gasteiger partial charge is 0.468 e. The van der Waals surface area contributed by atoms with Gasteiger partial charge in [-0.25, -0.2) is 43.7 Å². The fraction of sp³-hybridized carbons (Fsp3) is 0.531. The summed E-state index contributed by atoms with van der Waals surface area (Å²) in [5.74, 6) is 2.60. The number of rotatable bonds is 8. The van der Waals surface area contributed by atoms with Crippen LogP contribution in [-0.2, 0) is 99.7 Å². The Labute approximate surface area is 826 Å². The average molecular weight is 1930 g/mol. The van der Waals surface area contributed by atoms with Crippen LogP contribution in [0.5, 0.6) is 0 Å². The molecule has 27 heteroatoms. The molecule has 0 bridgehead atoms. The number of methoxy groups -OCH3 is 2. The molecule has 2 aliphatic heterocycles. The molecule has 8 aromatic heterocycles. The van der Waals surface area contributed by atoms with Gasteiger partial charge in [-0.1, -0.05) is 120 Å². The first-order valence-corrected chi connectivity index (χ1v) is 49.9. The predicted octanol–water partition coefficient (Wildman–Crippen LogP) is 21.2. The maximum Gasteiger partial charge on any atom is 0.316 e. The summed E-state index contributed by atoms with van der Waals surface area (Å²) in [7, 11) is 2.95. The van der Waals surface area contributed by atoms with Crippen molar-refractivity contribution < 1.29 is 61.2 Å². The van der Waals surface area contributed by atoms with Crippen LogP contribution >= 0.6 is 11.6 Å². The van der Waals surface area contributed by atoms with Gasteiger partial charge in [0.25, 0.3) is 5.56 Å². The third kappa shape index (κ3) is 18.3. The van der Waals surface area contributed by atoms with E-state index in [4.69, 9.17) is 69.9 Å². The van der Waals surface area contributed by atoms with E-state index in [1.807, 2.05) is 102 Å². The summed E-state index contributed by atoms with van der Waals surface area (Å²) in [6.45, 7) is 31.8. The van der Waals surface area contributed by atoms with Crippen LogP contribution in [0.2, 0.25) is 5.15 Å². The number of ether oxygens (including phenoxy) is 6. The minimum absolute atomic E-state index is 0. The zero-order chi connectivity index (χ0) is 97.6. The Bertz CT molecular complexity index is 6480. The maximum absolute atomic E-state index is 15.0. The van der Waals surface area contributed by atoms with Gasteiger partial charge >= 0.3 is 5.97 Å². The van der Waals surface area contributed by atoms with Crippen LogP contribution in [0.15, 0.2) is 127 Å². The number of Topliss-reactive ketones (excluding diaryl/α,β-unsaturated/α-hetero) is 4. The van der Waals surface area contributed by atoms with E-state index in [9.17, 15) is 37.5 Å². The number of H-pyrrole nitrogens is 1. The first kappa shape index (κ1) is 102. The molecule has 0 amide bonds. The zero-order valence-corrected chi connectivity index (χ0v) is 82.9. The second-order valence-corrected chi connectivity index (χ2v) is 42.4. The molecule has 2 unspecified atom stereocenters. The van der Waals surface area contributed by atoms with Crippen LogP contribution in [0.4, 0.5) is 8.78 Å². The van der Waals surface area contributed by atoms with E-state index in [0.29, 0.717) is 139 Å². The minimum atomic E-state index is -0.595. The molecule has 24 nitrogen and oxygen atoms in total. The van der Waals surface area contributed by atoms with Gasteiger partial charge in [0.15, 0.2) is 40.6 Å². The number of aromatic amines is 1. The number of fused-ring (bicyclic) bond motifs is 13. The van der Waals surface area contributed by atoms with Crippen molar-refractivity contribution in [2.24, 2.45) is 70.5 Å². The van der Waals surface area contributed by atoms with Crippen molar-refractivity contribution in [2.45, 2.75) is 273 Å². The lowest BCUT2D eigenvalue weighted by Crippen LogP contribution is -2.58. The minimum Gasteiger partial charge on any atom is -0.468 e. The molecule has 140 heavy (non-hydrogen) atoms. The number of halogens is 3. The summed E-state index contributed by atoms with van der Waals surface area (Å²) in [4.78, 5) is 130. The van der Waals surface area contributed by atoms with Gasteiger partial charge in [-0.3, -0.25) is 48.7 Å². The van der Waals surface area contributed by atoms with Gasteiger partial charge in [0.1, 0.15) is 46.2 Å². The van der Waals surface area contributed by atoms with Crippen molar-refractivity contribution >= 4 is 40.7 Å². The third-order valence-corrected chi connectivity index (χ3v) is 34.8. The SMILES string of the molecule is C.C.COC(=O)C1CC[C@@H]2[C@@H](C)C3(CC[C@@]2(C)C1=O)OCCO3.COC1C[C@@]2(C)c3nc(-c4ccnc(C)c4)nc(-c4ccccc4F)c3CC[C@@H]2[C@@H](C)C1=O.Cc1cc(-c2nc(-c3ccccc3F)c3c(n2)[C@]2(C)CCC(=O)[C@H](C)[C@H]2CC3)ccn1.Cc1cc(-c2nc(Cl)c3c(n2)[C@]2(C)CCC(=O)[C@H](C)[C@H]2CC3)ccn1.Cc1cc(-c2nc3c(c(=O)[nH]2)CC[C@@H]2[C@@H](C)C4(CC[C@@]32C)OCCO4)ccn1. The number of benzene rings is 2. The van der Waals surface area contributed by atoms with Crippen LogP contribution in [0.25, 0.3) is 68.1 Å². The molecular weight excluding hydrogens is 1790 g/mol. The van der Waals surface area contributed by atoms with Crippen molar-refractivity contribution in [3.05, 3.63) is 217 Å². The normalized spacial score (nSPS) is 29.3. The van der Waals surface area contributed by atoms with Crippen LogP contribution in [0, 0.1) is 110 Å². The number of carbonyl (C=O) groups is 5. The van der Waals surface area contributed by atoms with Crippen molar-refractivity contribution in [1.82, 2.24) is 59.8 Å². The number of hydrogen-bond donors (Lipinski definition) is 1. The van der Waals surface area contributed by atoms with Gasteiger partial charge in [-0.2, -0.15) is 0 Å². The fourth-order valence-corrected chi connectivity index (χ4v) is 27.0. The van der Waals surface area contributed by atoms with Crippen LogP contribution in [0.3, 0.4) is 0 Å². The smallest absolute Gasteiger partial charge is 0.316 e. The summed E-state index contributed by atoms with van der Waals surface area (Å²) >= 11 is 6.56. The third-order valence-electron chi connectivity index (χ3n) is 34.5. The number of esters is 1. The molecule has 6 saturated carbocycles. The molecule has 10 aromatic rings. The van der Waals surface area contributed by atoms with Gasteiger partial charge in [0, 0.05) is 193 Å². The summed E-state index contributed by atoms with van der Waals surface area (Å²) in [6, 6.07) is 29.0. The molecule has 740 valence electrons. The van der Waals surface area contributed by atoms with Crippen LogP contribution in [-0.4, -0.2) is 147 Å². The zero-order valence-electron chi connectivity index (χ0n) is 82.2. The van der Waals surface area contributed by atoms with Crippen molar-refractivity contribution in [1.29, 1.82) is 0 Å². The second kappa shape index (κ2) is 40.2. The Hall–Kier alpha value is -10.7. The Morgan fingerprint density at radius 2 is 0.814 bits per heavy atom. The number of aryl methyl sites for hydroxylation is 4. The van der Waals surface area contributed by atoms with Crippen molar-refractivity contribution in [2.75, 3.05) is 40.6 Å². The van der Waals surface area contributed by atoms with Gasteiger partial charge < -0.3 is 33.4 Å². The Kier molecular flexibility index (Phi) is 29.4.